The van der Waals surface area contributed by atoms with E-state index in [4.69, 9.17) is 4.42 Å². The first-order valence-corrected chi connectivity index (χ1v) is 6.17. The molecule has 0 amide bonds. The van der Waals surface area contributed by atoms with Gasteiger partial charge in [-0.25, -0.2) is 4.98 Å². The third-order valence-electron chi connectivity index (χ3n) is 2.75. The van der Waals surface area contributed by atoms with E-state index in [2.05, 4.69) is 10.3 Å². The Labute approximate surface area is 107 Å². The molecule has 0 saturated carbocycles. The zero-order valence-corrected chi connectivity index (χ0v) is 10.5. The highest BCUT2D eigenvalue weighted by molar-refractivity contribution is 5.17. The molecule has 1 heterocycles. The van der Waals surface area contributed by atoms with Gasteiger partial charge in [-0.2, -0.15) is 0 Å². The predicted molar refractivity (Wildman–Crippen MR) is 69.0 cm³/mol. The van der Waals surface area contributed by atoms with Gasteiger partial charge in [0, 0.05) is 13.0 Å². The highest BCUT2D eigenvalue weighted by Crippen LogP contribution is 2.11. The first-order chi connectivity index (χ1) is 8.79. The highest BCUT2D eigenvalue weighted by Gasteiger charge is 2.07. The Morgan fingerprint density at radius 2 is 2.11 bits per heavy atom. The van der Waals surface area contributed by atoms with Gasteiger partial charge in [-0.15, -0.1) is 0 Å². The van der Waals surface area contributed by atoms with Crippen molar-refractivity contribution in [1.29, 1.82) is 0 Å². The van der Waals surface area contributed by atoms with Crippen LogP contribution in [0.4, 0.5) is 0 Å². The van der Waals surface area contributed by atoms with E-state index in [0.29, 0.717) is 19.0 Å². The first kappa shape index (κ1) is 12.8. The van der Waals surface area contributed by atoms with Gasteiger partial charge in [0.25, 0.3) is 0 Å². The molecule has 2 N–H and O–H groups in total. The van der Waals surface area contributed by atoms with Crippen molar-refractivity contribution in [3.05, 3.63) is 53.7 Å². The molecule has 1 unspecified atom stereocenters. The van der Waals surface area contributed by atoms with Crippen molar-refractivity contribution in [1.82, 2.24) is 10.3 Å². The Morgan fingerprint density at radius 3 is 2.78 bits per heavy atom. The average Bonchev–Trinajstić information content (AvgIpc) is 2.87. The molecule has 0 radical (unpaired) electrons. The molecule has 1 atom stereocenters. The van der Waals surface area contributed by atoms with Crippen LogP contribution in [0.1, 0.15) is 30.2 Å². The molecule has 1 aromatic heterocycles. The largest absolute Gasteiger partial charge is 0.444 e. The zero-order valence-electron chi connectivity index (χ0n) is 10.5. The van der Waals surface area contributed by atoms with Gasteiger partial charge in [-0.3, -0.25) is 0 Å². The number of aliphatic hydroxyl groups excluding tert-OH is 1. The number of hydrogen-bond acceptors (Lipinski definition) is 4. The number of nitrogens with zero attached hydrogens (tertiary/aromatic N) is 1. The Bertz CT molecular complexity index is 468. The van der Waals surface area contributed by atoms with E-state index < -0.39 is 6.10 Å². The molecule has 0 aliphatic rings. The maximum Gasteiger partial charge on any atom is 0.208 e. The summed E-state index contributed by atoms with van der Waals surface area (Å²) in [7, 11) is 0. The van der Waals surface area contributed by atoms with Crippen LogP contribution in [0.5, 0.6) is 0 Å². The molecule has 0 spiro atoms. The molecular formula is C14H18N2O2. The number of rotatable bonds is 6. The van der Waals surface area contributed by atoms with Crippen molar-refractivity contribution >= 4 is 0 Å². The molecule has 96 valence electrons. The fourth-order valence-electron chi connectivity index (χ4n) is 1.70. The third-order valence-corrected chi connectivity index (χ3v) is 2.75. The SMILES string of the molecule is CCc1cnc(CNCC(O)c2ccccc2)o1. The first-order valence-electron chi connectivity index (χ1n) is 6.17. The summed E-state index contributed by atoms with van der Waals surface area (Å²) >= 11 is 0. The zero-order chi connectivity index (χ0) is 12.8. The minimum Gasteiger partial charge on any atom is -0.444 e. The standard InChI is InChI=1S/C14H18N2O2/c1-2-12-8-16-14(18-12)10-15-9-13(17)11-6-4-3-5-7-11/h3-8,13,15,17H,2,9-10H2,1H3. The van der Waals surface area contributed by atoms with E-state index in [9.17, 15) is 5.11 Å². The Hall–Kier alpha value is -1.65. The van der Waals surface area contributed by atoms with Gasteiger partial charge in [0.2, 0.25) is 5.89 Å². The fourth-order valence-corrected chi connectivity index (χ4v) is 1.70. The lowest BCUT2D eigenvalue weighted by atomic mass is 10.1. The summed E-state index contributed by atoms with van der Waals surface area (Å²) in [5, 5.41) is 13.1. The smallest absolute Gasteiger partial charge is 0.208 e. The number of benzene rings is 1. The second kappa shape index (κ2) is 6.33. The summed E-state index contributed by atoms with van der Waals surface area (Å²) in [4.78, 5) is 4.15. The molecule has 2 rings (SSSR count). The van der Waals surface area contributed by atoms with Crippen molar-refractivity contribution in [3.8, 4) is 0 Å². The van der Waals surface area contributed by atoms with Crippen LogP contribution in [0.15, 0.2) is 40.9 Å². The van der Waals surface area contributed by atoms with Gasteiger partial charge in [0.05, 0.1) is 18.8 Å². The molecular weight excluding hydrogens is 228 g/mol. The van der Waals surface area contributed by atoms with Gasteiger partial charge >= 0.3 is 0 Å². The van der Waals surface area contributed by atoms with Gasteiger partial charge in [-0.1, -0.05) is 37.3 Å². The Morgan fingerprint density at radius 1 is 1.33 bits per heavy atom. The van der Waals surface area contributed by atoms with E-state index in [-0.39, 0.29) is 0 Å². The second-order valence-electron chi connectivity index (χ2n) is 4.13. The summed E-state index contributed by atoms with van der Waals surface area (Å²) in [6.45, 7) is 3.04. The molecule has 2 aromatic rings. The maximum absolute atomic E-state index is 9.94. The van der Waals surface area contributed by atoms with Crippen LogP contribution in [-0.4, -0.2) is 16.6 Å². The van der Waals surface area contributed by atoms with Crippen LogP contribution < -0.4 is 5.32 Å². The van der Waals surface area contributed by atoms with Crippen molar-refractivity contribution in [2.75, 3.05) is 6.54 Å². The molecule has 0 saturated heterocycles. The topological polar surface area (TPSA) is 58.3 Å². The number of aryl methyl sites for hydroxylation is 1. The van der Waals surface area contributed by atoms with Crippen LogP contribution in [0, 0.1) is 0 Å². The third kappa shape index (κ3) is 3.42. The molecule has 4 heteroatoms. The van der Waals surface area contributed by atoms with Crippen molar-refractivity contribution in [3.63, 3.8) is 0 Å². The molecule has 0 aliphatic carbocycles. The van der Waals surface area contributed by atoms with E-state index in [1.165, 1.54) is 0 Å². The molecule has 18 heavy (non-hydrogen) atoms. The van der Waals surface area contributed by atoms with Crippen LogP contribution in [0.25, 0.3) is 0 Å². The van der Waals surface area contributed by atoms with Crippen molar-refractivity contribution in [2.24, 2.45) is 0 Å². The molecule has 0 aliphatic heterocycles. The van der Waals surface area contributed by atoms with Crippen LogP contribution in [0.3, 0.4) is 0 Å². The van der Waals surface area contributed by atoms with Gasteiger partial charge in [0.15, 0.2) is 0 Å². The molecule has 0 fully saturated rings. The van der Waals surface area contributed by atoms with E-state index in [0.717, 1.165) is 17.7 Å². The maximum atomic E-state index is 9.94. The number of oxazole rings is 1. The minimum absolute atomic E-state index is 0.480. The lowest BCUT2D eigenvalue weighted by Crippen LogP contribution is -2.21. The number of nitrogens with one attached hydrogen (secondary N) is 1. The second-order valence-corrected chi connectivity index (χ2v) is 4.13. The van der Waals surface area contributed by atoms with Gasteiger partial charge < -0.3 is 14.8 Å². The minimum atomic E-state index is -0.508. The summed E-state index contributed by atoms with van der Waals surface area (Å²) in [6.07, 6.45) is 2.08. The summed E-state index contributed by atoms with van der Waals surface area (Å²) in [6, 6.07) is 9.59. The van der Waals surface area contributed by atoms with E-state index >= 15 is 0 Å². The monoisotopic (exact) mass is 246 g/mol. The van der Waals surface area contributed by atoms with Gasteiger partial charge in [-0.05, 0) is 5.56 Å². The van der Waals surface area contributed by atoms with Crippen molar-refractivity contribution < 1.29 is 9.52 Å². The van der Waals surface area contributed by atoms with Crippen LogP contribution in [-0.2, 0) is 13.0 Å². The molecule has 1 aromatic carbocycles. The van der Waals surface area contributed by atoms with Crippen molar-refractivity contribution in [2.45, 2.75) is 26.0 Å². The molecule has 0 bridgehead atoms. The lowest BCUT2D eigenvalue weighted by molar-refractivity contribution is 0.173. The average molecular weight is 246 g/mol. The fraction of sp³-hybridized carbons (Fsp3) is 0.357. The highest BCUT2D eigenvalue weighted by atomic mass is 16.4. The summed E-state index contributed by atoms with van der Waals surface area (Å²) in [5.41, 5.74) is 0.909. The summed E-state index contributed by atoms with van der Waals surface area (Å²) in [5.74, 6) is 1.54. The van der Waals surface area contributed by atoms with E-state index in [1.807, 2.05) is 37.3 Å². The van der Waals surface area contributed by atoms with Crippen LogP contribution in [0.2, 0.25) is 0 Å². The Kier molecular flexibility index (Phi) is 4.50. The lowest BCUT2D eigenvalue weighted by Gasteiger charge is -2.10. The van der Waals surface area contributed by atoms with E-state index in [1.54, 1.807) is 6.20 Å². The number of aromatic nitrogens is 1. The Balaban J connectivity index is 1.78. The van der Waals surface area contributed by atoms with Gasteiger partial charge in [0.1, 0.15) is 5.76 Å². The number of hydrogen-bond donors (Lipinski definition) is 2. The molecule has 4 nitrogen and oxygen atoms in total. The quantitative estimate of drug-likeness (QED) is 0.819. The predicted octanol–water partition coefficient (Wildman–Crippen LogP) is 2.06. The number of aliphatic hydroxyl groups is 1. The van der Waals surface area contributed by atoms with Crippen LogP contribution >= 0.6 is 0 Å². The normalized spacial score (nSPS) is 12.6. The summed E-state index contributed by atoms with van der Waals surface area (Å²) < 4.78 is 5.47.